The molecule has 1 N–H and O–H groups in total. The molecule has 130 valence electrons. The standard InChI is InChI=1S/C19H20N2O3S/c1-13-11-14(7-8-15(13)20-18(22)9-10-23-2)24-12-19-21-16-5-3-4-6-17(16)25-19/h3-8,11H,9-10,12H2,1-2H3,(H,20,22). The molecule has 25 heavy (non-hydrogen) atoms. The first-order valence-electron chi connectivity index (χ1n) is 8.02. The Balaban J connectivity index is 1.61. The van der Waals surface area contributed by atoms with Crippen molar-refractivity contribution in [2.24, 2.45) is 0 Å². The van der Waals surface area contributed by atoms with Crippen molar-refractivity contribution in [3.8, 4) is 5.75 Å². The van der Waals surface area contributed by atoms with Crippen LogP contribution in [0.4, 0.5) is 5.69 Å². The summed E-state index contributed by atoms with van der Waals surface area (Å²) in [5, 5.41) is 3.82. The highest BCUT2D eigenvalue weighted by Gasteiger charge is 2.07. The summed E-state index contributed by atoms with van der Waals surface area (Å²) in [7, 11) is 1.58. The van der Waals surface area contributed by atoms with E-state index in [-0.39, 0.29) is 5.91 Å². The number of thiazole rings is 1. The average Bonchev–Trinajstić information content (AvgIpc) is 3.03. The zero-order valence-electron chi connectivity index (χ0n) is 14.2. The van der Waals surface area contributed by atoms with Crippen LogP contribution in [0.15, 0.2) is 42.5 Å². The lowest BCUT2D eigenvalue weighted by Crippen LogP contribution is -2.14. The van der Waals surface area contributed by atoms with Crippen molar-refractivity contribution in [3.63, 3.8) is 0 Å². The lowest BCUT2D eigenvalue weighted by molar-refractivity contribution is -0.117. The van der Waals surface area contributed by atoms with Crippen molar-refractivity contribution in [3.05, 3.63) is 53.0 Å². The summed E-state index contributed by atoms with van der Waals surface area (Å²) in [5.41, 5.74) is 2.73. The van der Waals surface area contributed by atoms with Gasteiger partial charge in [0.05, 0.1) is 23.2 Å². The summed E-state index contributed by atoms with van der Waals surface area (Å²) in [6, 6.07) is 13.7. The number of rotatable bonds is 7. The molecule has 3 rings (SSSR count). The number of para-hydroxylation sites is 1. The summed E-state index contributed by atoms with van der Waals surface area (Å²) in [5.74, 6) is 0.694. The Labute approximate surface area is 150 Å². The second-order valence-corrected chi connectivity index (χ2v) is 6.75. The first-order chi connectivity index (χ1) is 12.2. The van der Waals surface area contributed by atoms with Gasteiger partial charge in [0, 0.05) is 12.8 Å². The number of anilines is 1. The third kappa shape index (κ3) is 4.55. The molecule has 0 saturated heterocycles. The third-order valence-electron chi connectivity index (χ3n) is 3.71. The summed E-state index contributed by atoms with van der Waals surface area (Å²) in [4.78, 5) is 16.3. The van der Waals surface area contributed by atoms with E-state index in [1.54, 1.807) is 18.4 Å². The monoisotopic (exact) mass is 356 g/mol. The molecule has 0 atom stereocenters. The maximum Gasteiger partial charge on any atom is 0.226 e. The summed E-state index contributed by atoms with van der Waals surface area (Å²) in [6.45, 7) is 2.78. The van der Waals surface area contributed by atoms with Crippen molar-refractivity contribution in [2.45, 2.75) is 20.0 Å². The lowest BCUT2D eigenvalue weighted by Gasteiger charge is -2.11. The highest BCUT2D eigenvalue weighted by molar-refractivity contribution is 7.18. The van der Waals surface area contributed by atoms with Gasteiger partial charge in [0.1, 0.15) is 17.4 Å². The SMILES string of the molecule is COCCC(=O)Nc1ccc(OCc2nc3ccccc3s2)cc1C. The Bertz CT molecular complexity index is 843. The van der Waals surface area contributed by atoms with Gasteiger partial charge in [0.15, 0.2) is 0 Å². The zero-order valence-corrected chi connectivity index (χ0v) is 15.1. The molecule has 0 unspecified atom stereocenters. The minimum Gasteiger partial charge on any atom is -0.486 e. The van der Waals surface area contributed by atoms with Gasteiger partial charge in [0.2, 0.25) is 5.91 Å². The Kier molecular flexibility index (Phi) is 5.63. The fourth-order valence-corrected chi connectivity index (χ4v) is 3.28. The smallest absolute Gasteiger partial charge is 0.226 e. The van der Waals surface area contributed by atoms with E-state index < -0.39 is 0 Å². The van der Waals surface area contributed by atoms with E-state index in [9.17, 15) is 4.79 Å². The van der Waals surface area contributed by atoms with E-state index in [2.05, 4.69) is 16.4 Å². The molecule has 2 aromatic carbocycles. The predicted octanol–water partition coefficient (Wildman–Crippen LogP) is 4.16. The van der Waals surface area contributed by atoms with Crippen molar-refractivity contribution in [1.82, 2.24) is 4.98 Å². The number of ether oxygens (including phenoxy) is 2. The van der Waals surface area contributed by atoms with Crippen LogP contribution in [0, 0.1) is 6.92 Å². The molecule has 0 spiro atoms. The van der Waals surface area contributed by atoms with E-state index in [4.69, 9.17) is 9.47 Å². The molecule has 0 aliphatic rings. The second kappa shape index (κ2) is 8.09. The van der Waals surface area contributed by atoms with E-state index in [1.807, 2.05) is 43.3 Å². The Morgan fingerprint density at radius 2 is 2.08 bits per heavy atom. The number of aryl methyl sites for hydroxylation is 1. The molecule has 0 bridgehead atoms. The number of carbonyl (C=O) groups excluding carboxylic acids is 1. The maximum atomic E-state index is 11.8. The Morgan fingerprint density at radius 1 is 1.24 bits per heavy atom. The highest BCUT2D eigenvalue weighted by atomic mass is 32.1. The van der Waals surface area contributed by atoms with Crippen LogP contribution in [0.5, 0.6) is 5.75 Å². The number of hydrogen-bond donors (Lipinski definition) is 1. The largest absolute Gasteiger partial charge is 0.486 e. The van der Waals surface area contributed by atoms with Gasteiger partial charge in [-0.3, -0.25) is 4.79 Å². The molecular weight excluding hydrogens is 336 g/mol. The molecule has 5 nitrogen and oxygen atoms in total. The van der Waals surface area contributed by atoms with E-state index >= 15 is 0 Å². The van der Waals surface area contributed by atoms with Crippen molar-refractivity contribution in [2.75, 3.05) is 19.0 Å². The number of fused-ring (bicyclic) bond motifs is 1. The van der Waals surface area contributed by atoms with Crippen LogP contribution in [0.1, 0.15) is 17.0 Å². The number of benzene rings is 2. The maximum absolute atomic E-state index is 11.8. The number of nitrogens with one attached hydrogen (secondary N) is 1. The summed E-state index contributed by atoms with van der Waals surface area (Å²) < 4.78 is 11.9. The van der Waals surface area contributed by atoms with Gasteiger partial charge in [-0.25, -0.2) is 4.98 Å². The first-order valence-corrected chi connectivity index (χ1v) is 8.84. The molecule has 3 aromatic rings. The van der Waals surface area contributed by atoms with Gasteiger partial charge < -0.3 is 14.8 Å². The molecule has 0 aliphatic carbocycles. The molecular formula is C19H20N2O3S. The van der Waals surface area contributed by atoms with Gasteiger partial charge in [-0.05, 0) is 42.8 Å². The number of hydrogen-bond acceptors (Lipinski definition) is 5. The predicted molar refractivity (Wildman–Crippen MR) is 100 cm³/mol. The van der Waals surface area contributed by atoms with Gasteiger partial charge in [-0.15, -0.1) is 11.3 Å². The van der Waals surface area contributed by atoms with Crippen LogP contribution >= 0.6 is 11.3 Å². The number of nitrogens with zero attached hydrogens (tertiary/aromatic N) is 1. The van der Waals surface area contributed by atoms with Crippen molar-refractivity contribution >= 4 is 33.1 Å². The van der Waals surface area contributed by atoms with Gasteiger partial charge in [-0.2, -0.15) is 0 Å². The van der Waals surface area contributed by atoms with Crippen LogP contribution in [0.3, 0.4) is 0 Å². The zero-order chi connectivity index (χ0) is 17.6. The van der Waals surface area contributed by atoms with Crippen LogP contribution in [-0.2, 0) is 16.1 Å². The van der Waals surface area contributed by atoms with Crippen LogP contribution in [0.2, 0.25) is 0 Å². The number of amides is 1. The van der Waals surface area contributed by atoms with Crippen molar-refractivity contribution in [1.29, 1.82) is 0 Å². The molecule has 1 heterocycles. The molecule has 0 fully saturated rings. The van der Waals surface area contributed by atoms with E-state index in [1.165, 1.54) is 0 Å². The third-order valence-corrected chi connectivity index (χ3v) is 4.72. The lowest BCUT2D eigenvalue weighted by atomic mass is 10.2. The highest BCUT2D eigenvalue weighted by Crippen LogP contribution is 2.25. The Morgan fingerprint density at radius 3 is 2.84 bits per heavy atom. The number of aromatic nitrogens is 1. The fraction of sp³-hybridized carbons (Fsp3) is 0.263. The first kappa shape index (κ1) is 17.4. The normalized spacial score (nSPS) is 10.8. The summed E-state index contributed by atoms with van der Waals surface area (Å²) in [6.07, 6.45) is 0.339. The number of methoxy groups -OCH3 is 1. The molecule has 0 aliphatic heterocycles. The average molecular weight is 356 g/mol. The van der Waals surface area contributed by atoms with Crippen LogP contribution < -0.4 is 10.1 Å². The quantitative estimate of drug-likeness (QED) is 0.690. The molecule has 6 heteroatoms. The minimum atomic E-state index is -0.0620. The van der Waals surface area contributed by atoms with Crippen LogP contribution in [-0.4, -0.2) is 24.6 Å². The molecule has 1 amide bonds. The topological polar surface area (TPSA) is 60.5 Å². The molecule has 0 saturated carbocycles. The molecule has 0 radical (unpaired) electrons. The van der Waals surface area contributed by atoms with Gasteiger partial charge >= 0.3 is 0 Å². The molecule has 1 aromatic heterocycles. The van der Waals surface area contributed by atoms with Gasteiger partial charge in [0.25, 0.3) is 0 Å². The van der Waals surface area contributed by atoms with Gasteiger partial charge in [-0.1, -0.05) is 12.1 Å². The summed E-state index contributed by atoms with van der Waals surface area (Å²) >= 11 is 1.63. The van der Waals surface area contributed by atoms with E-state index in [0.717, 1.165) is 32.2 Å². The van der Waals surface area contributed by atoms with Crippen LogP contribution in [0.25, 0.3) is 10.2 Å². The van der Waals surface area contributed by atoms with Crippen molar-refractivity contribution < 1.29 is 14.3 Å². The minimum absolute atomic E-state index is 0.0620. The number of carbonyl (C=O) groups is 1. The Hall–Kier alpha value is -2.44. The fourth-order valence-electron chi connectivity index (χ4n) is 2.40. The second-order valence-electron chi connectivity index (χ2n) is 5.63. The van der Waals surface area contributed by atoms with E-state index in [0.29, 0.717) is 19.6 Å².